The van der Waals surface area contributed by atoms with Crippen LogP contribution in [-0.4, -0.2) is 35.5 Å². The fourth-order valence-corrected chi connectivity index (χ4v) is 3.85. The molecule has 1 atom stereocenters. The van der Waals surface area contributed by atoms with Crippen molar-refractivity contribution in [2.45, 2.75) is 25.8 Å². The van der Waals surface area contributed by atoms with Crippen molar-refractivity contribution >= 4 is 23.1 Å². The van der Waals surface area contributed by atoms with E-state index in [1.165, 1.54) is 17.7 Å². The van der Waals surface area contributed by atoms with E-state index >= 15 is 0 Å². The van der Waals surface area contributed by atoms with Crippen LogP contribution in [0.5, 0.6) is 0 Å². The van der Waals surface area contributed by atoms with E-state index in [9.17, 15) is 0 Å². The highest BCUT2D eigenvalue weighted by Gasteiger charge is 2.25. The van der Waals surface area contributed by atoms with Gasteiger partial charge in [0.1, 0.15) is 5.82 Å². The fourth-order valence-electron chi connectivity index (χ4n) is 3.00. The van der Waals surface area contributed by atoms with Crippen LogP contribution in [0.25, 0.3) is 0 Å². The molecule has 5 nitrogen and oxygen atoms in total. The van der Waals surface area contributed by atoms with Crippen LogP contribution >= 0.6 is 11.3 Å². The smallest absolute Gasteiger partial charge is 0.194 e. The maximum atomic E-state index is 6.04. The lowest BCUT2D eigenvalue weighted by Gasteiger charge is -2.35. The van der Waals surface area contributed by atoms with Crippen LogP contribution in [0.4, 0.5) is 5.82 Å². The molecule has 2 aromatic rings. The van der Waals surface area contributed by atoms with Gasteiger partial charge >= 0.3 is 0 Å². The van der Waals surface area contributed by atoms with Gasteiger partial charge in [0.25, 0.3) is 0 Å². The highest BCUT2D eigenvalue weighted by atomic mass is 32.1. The molecule has 2 aromatic heterocycles. The van der Waals surface area contributed by atoms with Crippen molar-refractivity contribution in [2.75, 3.05) is 25.0 Å². The molecule has 0 saturated carbocycles. The second kappa shape index (κ2) is 8.26. The molecule has 0 aromatic carbocycles. The number of pyridine rings is 1. The van der Waals surface area contributed by atoms with Crippen molar-refractivity contribution in [3.63, 3.8) is 0 Å². The third-order valence-corrected chi connectivity index (χ3v) is 5.46. The van der Waals surface area contributed by atoms with Crippen molar-refractivity contribution in [3.8, 4) is 0 Å². The molecule has 6 heteroatoms. The molecule has 3 heterocycles. The third-order valence-electron chi connectivity index (χ3n) is 4.49. The van der Waals surface area contributed by atoms with E-state index in [0.717, 1.165) is 24.8 Å². The highest BCUT2D eigenvalue weighted by molar-refractivity contribution is 7.10. The second-order valence-electron chi connectivity index (χ2n) is 6.32. The van der Waals surface area contributed by atoms with Crippen LogP contribution in [0.3, 0.4) is 0 Å². The van der Waals surface area contributed by atoms with Crippen LogP contribution in [0.2, 0.25) is 0 Å². The molecule has 0 aliphatic carbocycles. The number of aromatic nitrogens is 1. The molecule has 1 unspecified atom stereocenters. The number of likely N-dealkylation sites (tertiary alicyclic amines) is 1. The minimum Gasteiger partial charge on any atom is -0.370 e. The summed E-state index contributed by atoms with van der Waals surface area (Å²) in [5, 5.41) is 5.19. The van der Waals surface area contributed by atoms with Gasteiger partial charge < -0.3 is 11.1 Å². The van der Waals surface area contributed by atoms with Crippen molar-refractivity contribution in [1.29, 1.82) is 0 Å². The van der Waals surface area contributed by atoms with Gasteiger partial charge in [-0.15, -0.1) is 11.3 Å². The molecule has 0 bridgehead atoms. The van der Waals surface area contributed by atoms with E-state index in [1.54, 1.807) is 17.5 Å². The molecule has 3 rings (SSSR count). The molecule has 0 amide bonds. The summed E-state index contributed by atoms with van der Waals surface area (Å²) in [4.78, 5) is 12.7. The number of nitrogens with one attached hydrogen (secondary N) is 1. The minimum atomic E-state index is 0.307. The van der Waals surface area contributed by atoms with E-state index < -0.39 is 0 Å². The maximum Gasteiger partial charge on any atom is 0.194 e. The van der Waals surface area contributed by atoms with E-state index in [0.29, 0.717) is 18.5 Å². The zero-order valence-electron chi connectivity index (χ0n) is 14.1. The molecular weight excluding hydrogens is 318 g/mol. The summed E-state index contributed by atoms with van der Waals surface area (Å²) in [6.07, 6.45) is 4.25. The van der Waals surface area contributed by atoms with Gasteiger partial charge in [-0.1, -0.05) is 19.1 Å². The number of piperidine rings is 1. The largest absolute Gasteiger partial charge is 0.370 e. The number of nitrogens with two attached hydrogens (primary N) is 1. The normalized spacial score (nSPS) is 18.5. The Labute approximate surface area is 147 Å². The molecule has 0 spiro atoms. The van der Waals surface area contributed by atoms with Gasteiger partial charge in [0.15, 0.2) is 5.96 Å². The lowest BCUT2D eigenvalue weighted by atomic mass is 9.97. The number of hydrogen-bond donors (Lipinski definition) is 2. The van der Waals surface area contributed by atoms with Crippen LogP contribution in [0, 0.1) is 5.92 Å². The molecular formula is C18H25N5S. The number of hydrogen-bond acceptors (Lipinski definition) is 4. The van der Waals surface area contributed by atoms with Crippen molar-refractivity contribution in [1.82, 2.24) is 9.88 Å². The first-order chi connectivity index (χ1) is 11.7. The van der Waals surface area contributed by atoms with Gasteiger partial charge in [-0.3, -0.25) is 9.89 Å². The van der Waals surface area contributed by atoms with Crippen LogP contribution in [-0.2, 0) is 0 Å². The standard InChI is InChI=1S/C18H25N5S/c1-14-7-10-23(11-8-14)15(16-5-4-12-24-16)13-21-18(19)22-17-6-2-3-9-20-17/h2-6,9,12,14-15H,7-8,10-11,13H2,1H3,(H3,19,20,21,22). The van der Waals surface area contributed by atoms with E-state index in [2.05, 4.69) is 44.6 Å². The fraction of sp³-hybridized carbons (Fsp3) is 0.444. The summed E-state index contributed by atoms with van der Waals surface area (Å²) in [6, 6.07) is 10.3. The van der Waals surface area contributed by atoms with Crippen LogP contribution < -0.4 is 11.1 Å². The predicted octanol–water partition coefficient (Wildman–Crippen LogP) is 3.34. The summed E-state index contributed by atoms with van der Waals surface area (Å²) < 4.78 is 0. The topological polar surface area (TPSA) is 66.5 Å². The number of anilines is 1. The van der Waals surface area contributed by atoms with Gasteiger partial charge in [-0.25, -0.2) is 4.98 Å². The number of nitrogens with zero attached hydrogens (tertiary/aromatic N) is 3. The third kappa shape index (κ3) is 4.55. The maximum absolute atomic E-state index is 6.04. The average Bonchev–Trinajstić information content (AvgIpc) is 3.12. The first-order valence-corrected chi connectivity index (χ1v) is 9.36. The quantitative estimate of drug-likeness (QED) is 0.645. The Morgan fingerprint density at radius 1 is 1.38 bits per heavy atom. The van der Waals surface area contributed by atoms with Crippen molar-refractivity contribution in [2.24, 2.45) is 16.6 Å². The Kier molecular flexibility index (Phi) is 5.82. The number of thiophene rings is 1. The predicted molar refractivity (Wildman–Crippen MR) is 101 cm³/mol. The number of rotatable bonds is 5. The monoisotopic (exact) mass is 343 g/mol. The minimum absolute atomic E-state index is 0.307. The molecule has 3 N–H and O–H groups in total. The van der Waals surface area contributed by atoms with Gasteiger partial charge in [-0.05, 0) is 55.4 Å². The second-order valence-corrected chi connectivity index (χ2v) is 7.29. The zero-order valence-corrected chi connectivity index (χ0v) is 14.9. The lowest BCUT2D eigenvalue weighted by Crippen LogP contribution is -2.37. The van der Waals surface area contributed by atoms with Crippen LogP contribution in [0.1, 0.15) is 30.7 Å². The summed E-state index contributed by atoms with van der Waals surface area (Å²) in [5.41, 5.74) is 6.04. The summed E-state index contributed by atoms with van der Waals surface area (Å²) in [6.45, 7) is 5.27. The number of guanidine groups is 1. The Morgan fingerprint density at radius 3 is 2.88 bits per heavy atom. The molecule has 0 radical (unpaired) electrons. The zero-order chi connectivity index (χ0) is 16.8. The van der Waals surface area contributed by atoms with Crippen LogP contribution in [0.15, 0.2) is 46.9 Å². The Hall–Kier alpha value is -1.92. The molecule has 1 aliphatic rings. The first kappa shape index (κ1) is 16.9. The van der Waals surface area contributed by atoms with Crippen molar-refractivity contribution < 1.29 is 0 Å². The summed E-state index contributed by atoms with van der Waals surface area (Å²) in [5.74, 6) is 1.96. The molecule has 1 aliphatic heterocycles. The van der Waals surface area contributed by atoms with Gasteiger partial charge in [0, 0.05) is 11.1 Å². The van der Waals surface area contributed by atoms with Gasteiger partial charge in [0.05, 0.1) is 12.6 Å². The number of aliphatic imine (C=N–C) groups is 1. The summed E-state index contributed by atoms with van der Waals surface area (Å²) >= 11 is 1.80. The highest BCUT2D eigenvalue weighted by Crippen LogP contribution is 2.29. The van der Waals surface area contributed by atoms with E-state index in [1.807, 2.05) is 18.2 Å². The molecule has 128 valence electrons. The molecule has 24 heavy (non-hydrogen) atoms. The first-order valence-electron chi connectivity index (χ1n) is 8.48. The Morgan fingerprint density at radius 2 is 2.21 bits per heavy atom. The average molecular weight is 344 g/mol. The van der Waals surface area contributed by atoms with E-state index in [4.69, 9.17) is 5.73 Å². The van der Waals surface area contributed by atoms with Gasteiger partial charge in [-0.2, -0.15) is 0 Å². The Bertz CT molecular complexity index is 633. The lowest BCUT2D eigenvalue weighted by molar-refractivity contribution is 0.143. The van der Waals surface area contributed by atoms with Gasteiger partial charge in [0.2, 0.25) is 0 Å². The Balaban J connectivity index is 1.66. The molecule has 1 fully saturated rings. The van der Waals surface area contributed by atoms with E-state index in [-0.39, 0.29) is 0 Å². The van der Waals surface area contributed by atoms with Crippen molar-refractivity contribution in [3.05, 3.63) is 46.8 Å². The summed E-state index contributed by atoms with van der Waals surface area (Å²) in [7, 11) is 0. The molecule has 1 saturated heterocycles. The SMILES string of the molecule is CC1CCN(C(CN=C(N)Nc2ccccn2)c2cccs2)CC1.